The smallest absolute Gasteiger partial charge is 0.242 e. The van der Waals surface area contributed by atoms with Gasteiger partial charge in [-0.1, -0.05) is 18.2 Å². The summed E-state index contributed by atoms with van der Waals surface area (Å²) >= 11 is 0. The van der Waals surface area contributed by atoms with E-state index < -0.39 is 5.60 Å². The number of benzene rings is 1. The van der Waals surface area contributed by atoms with Crippen LogP contribution in [0.5, 0.6) is 5.75 Å². The second-order valence-corrected chi connectivity index (χ2v) is 6.31. The van der Waals surface area contributed by atoms with Crippen molar-refractivity contribution in [1.29, 1.82) is 0 Å². The highest BCUT2D eigenvalue weighted by atomic mass is 16.5. The van der Waals surface area contributed by atoms with Gasteiger partial charge in [0.25, 0.3) is 0 Å². The Morgan fingerprint density at radius 3 is 2.70 bits per heavy atom. The van der Waals surface area contributed by atoms with Gasteiger partial charge in [0.15, 0.2) is 0 Å². The van der Waals surface area contributed by atoms with Gasteiger partial charge in [0.05, 0.1) is 18.7 Å². The molecule has 0 radical (unpaired) electrons. The van der Waals surface area contributed by atoms with Crippen LogP contribution in [0.1, 0.15) is 20.8 Å². The Balaban J connectivity index is 1.92. The fourth-order valence-corrected chi connectivity index (χ4v) is 2.59. The third kappa shape index (κ3) is 5.56. The van der Waals surface area contributed by atoms with Crippen LogP contribution in [0.4, 0.5) is 0 Å². The Morgan fingerprint density at radius 2 is 2.04 bits per heavy atom. The molecule has 0 spiro atoms. The fourth-order valence-electron chi connectivity index (χ4n) is 2.59. The number of morpholine rings is 1. The van der Waals surface area contributed by atoms with E-state index in [-0.39, 0.29) is 24.5 Å². The molecule has 126 valence electrons. The maximum atomic E-state index is 12.2. The Labute approximate surface area is 136 Å². The van der Waals surface area contributed by atoms with Crippen LogP contribution in [-0.4, -0.2) is 54.7 Å². The lowest BCUT2D eigenvalue weighted by molar-refractivity contribution is -0.165. The minimum absolute atomic E-state index is 0.0116. The van der Waals surface area contributed by atoms with E-state index in [0.29, 0.717) is 19.7 Å². The zero-order valence-electron chi connectivity index (χ0n) is 13.9. The van der Waals surface area contributed by atoms with E-state index in [1.165, 1.54) is 6.92 Å². The van der Waals surface area contributed by atoms with E-state index in [2.05, 4.69) is 5.32 Å². The van der Waals surface area contributed by atoms with Gasteiger partial charge in [-0.05, 0) is 26.0 Å². The lowest BCUT2D eigenvalue weighted by Gasteiger charge is -2.42. The first-order chi connectivity index (χ1) is 10.9. The minimum atomic E-state index is -0.450. The summed E-state index contributed by atoms with van der Waals surface area (Å²) in [5, 5.41) is 2.54. The van der Waals surface area contributed by atoms with Crippen molar-refractivity contribution in [3.05, 3.63) is 30.3 Å². The summed E-state index contributed by atoms with van der Waals surface area (Å²) in [4.78, 5) is 24.9. The number of hydrogen-bond acceptors (Lipinski definition) is 4. The summed E-state index contributed by atoms with van der Waals surface area (Å²) in [6.45, 7) is 6.62. The van der Waals surface area contributed by atoms with Gasteiger partial charge in [-0.15, -0.1) is 0 Å². The lowest BCUT2D eigenvalue weighted by atomic mass is 10.1. The standard InChI is InChI=1S/C17H24N2O4/c1-13(20)18-9-16(21)19-10-15(23-17(2,3)12-19)11-22-14-7-5-4-6-8-14/h4-8,15H,9-12H2,1-3H3,(H,18,20). The molecule has 0 aliphatic carbocycles. The molecule has 1 atom stereocenters. The predicted molar refractivity (Wildman–Crippen MR) is 86.2 cm³/mol. The first kappa shape index (κ1) is 17.3. The van der Waals surface area contributed by atoms with Crippen LogP contribution >= 0.6 is 0 Å². The maximum absolute atomic E-state index is 12.2. The number of ether oxygens (including phenoxy) is 2. The minimum Gasteiger partial charge on any atom is -0.491 e. The molecule has 0 saturated carbocycles. The third-order valence-corrected chi connectivity index (χ3v) is 3.50. The molecule has 1 unspecified atom stereocenters. The molecule has 1 fully saturated rings. The van der Waals surface area contributed by atoms with Crippen LogP contribution in [0.25, 0.3) is 0 Å². The van der Waals surface area contributed by atoms with Crippen molar-refractivity contribution >= 4 is 11.8 Å². The van der Waals surface area contributed by atoms with E-state index >= 15 is 0 Å². The monoisotopic (exact) mass is 320 g/mol. The van der Waals surface area contributed by atoms with Crippen molar-refractivity contribution in [2.45, 2.75) is 32.5 Å². The highest BCUT2D eigenvalue weighted by Gasteiger charge is 2.35. The summed E-state index contributed by atoms with van der Waals surface area (Å²) in [7, 11) is 0. The number of amides is 2. The highest BCUT2D eigenvalue weighted by Crippen LogP contribution is 2.22. The van der Waals surface area contributed by atoms with Crippen molar-refractivity contribution in [3.8, 4) is 5.75 Å². The molecule has 6 heteroatoms. The third-order valence-electron chi connectivity index (χ3n) is 3.50. The maximum Gasteiger partial charge on any atom is 0.242 e. The fraction of sp³-hybridized carbons (Fsp3) is 0.529. The van der Waals surface area contributed by atoms with Crippen LogP contribution in [0.15, 0.2) is 30.3 Å². The Morgan fingerprint density at radius 1 is 1.35 bits per heavy atom. The number of nitrogens with one attached hydrogen (secondary N) is 1. The lowest BCUT2D eigenvalue weighted by Crippen LogP contribution is -2.57. The van der Waals surface area contributed by atoms with Crippen LogP contribution < -0.4 is 10.1 Å². The number of carbonyl (C=O) groups excluding carboxylic acids is 2. The normalized spacial score (nSPS) is 20.0. The van der Waals surface area contributed by atoms with E-state index in [4.69, 9.17) is 9.47 Å². The van der Waals surface area contributed by atoms with Gasteiger partial charge in [-0.25, -0.2) is 0 Å². The van der Waals surface area contributed by atoms with E-state index in [9.17, 15) is 9.59 Å². The summed E-state index contributed by atoms with van der Waals surface area (Å²) in [6.07, 6.45) is -0.208. The van der Waals surface area contributed by atoms with E-state index in [1.54, 1.807) is 4.90 Å². The van der Waals surface area contributed by atoms with E-state index in [0.717, 1.165) is 5.75 Å². The zero-order valence-corrected chi connectivity index (χ0v) is 13.9. The summed E-state index contributed by atoms with van der Waals surface area (Å²) < 4.78 is 11.7. The average molecular weight is 320 g/mol. The molecule has 1 saturated heterocycles. The van der Waals surface area contributed by atoms with Gasteiger partial charge >= 0.3 is 0 Å². The molecule has 1 aliphatic rings. The molecule has 1 N–H and O–H groups in total. The van der Waals surface area contributed by atoms with Crippen molar-refractivity contribution in [2.24, 2.45) is 0 Å². The highest BCUT2D eigenvalue weighted by molar-refractivity contribution is 5.83. The molecule has 6 nitrogen and oxygen atoms in total. The number of carbonyl (C=O) groups is 2. The van der Waals surface area contributed by atoms with Gasteiger partial charge in [0, 0.05) is 13.5 Å². The topological polar surface area (TPSA) is 67.9 Å². The SMILES string of the molecule is CC(=O)NCC(=O)N1CC(COc2ccccc2)OC(C)(C)C1. The van der Waals surface area contributed by atoms with Crippen molar-refractivity contribution in [2.75, 3.05) is 26.2 Å². The molecule has 1 aromatic carbocycles. The second-order valence-electron chi connectivity index (χ2n) is 6.31. The summed E-state index contributed by atoms with van der Waals surface area (Å²) in [5.41, 5.74) is -0.450. The van der Waals surface area contributed by atoms with Crippen molar-refractivity contribution in [1.82, 2.24) is 10.2 Å². The van der Waals surface area contributed by atoms with Gasteiger partial charge in [0.2, 0.25) is 11.8 Å². The molecular formula is C17H24N2O4. The molecule has 1 heterocycles. The van der Waals surface area contributed by atoms with Gasteiger partial charge in [0.1, 0.15) is 18.5 Å². The summed E-state index contributed by atoms with van der Waals surface area (Å²) in [6, 6.07) is 9.51. The number of rotatable bonds is 5. The second kappa shape index (κ2) is 7.46. The van der Waals surface area contributed by atoms with Crippen LogP contribution in [0.3, 0.4) is 0 Å². The van der Waals surface area contributed by atoms with Crippen LogP contribution in [-0.2, 0) is 14.3 Å². The first-order valence-corrected chi connectivity index (χ1v) is 7.73. The Bertz CT molecular complexity index is 545. The quantitative estimate of drug-likeness (QED) is 0.885. The predicted octanol–water partition coefficient (Wildman–Crippen LogP) is 1.21. The molecule has 0 bridgehead atoms. The van der Waals surface area contributed by atoms with E-state index in [1.807, 2.05) is 44.2 Å². The first-order valence-electron chi connectivity index (χ1n) is 7.73. The molecule has 23 heavy (non-hydrogen) atoms. The number of para-hydroxylation sites is 1. The van der Waals surface area contributed by atoms with Crippen molar-refractivity contribution < 1.29 is 19.1 Å². The van der Waals surface area contributed by atoms with Gasteiger partial charge in [-0.3, -0.25) is 9.59 Å². The molecule has 1 aliphatic heterocycles. The Kier molecular flexibility index (Phi) is 5.60. The molecule has 2 rings (SSSR count). The summed E-state index contributed by atoms with van der Waals surface area (Å²) in [5.74, 6) is 0.451. The largest absolute Gasteiger partial charge is 0.491 e. The van der Waals surface area contributed by atoms with Crippen LogP contribution in [0.2, 0.25) is 0 Å². The molecule has 1 aromatic rings. The number of nitrogens with zero attached hydrogens (tertiary/aromatic N) is 1. The average Bonchev–Trinajstić information content (AvgIpc) is 2.50. The zero-order chi connectivity index (χ0) is 16.9. The molecule has 2 amide bonds. The van der Waals surface area contributed by atoms with Crippen LogP contribution in [0, 0.1) is 0 Å². The van der Waals surface area contributed by atoms with Crippen molar-refractivity contribution in [3.63, 3.8) is 0 Å². The van der Waals surface area contributed by atoms with Gasteiger partial charge in [-0.2, -0.15) is 0 Å². The van der Waals surface area contributed by atoms with Gasteiger partial charge < -0.3 is 19.7 Å². The number of hydrogen-bond donors (Lipinski definition) is 1. The molecule has 0 aromatic heterocycles. The molecular weight excluding hydrogens is 296 g/mol. The Hall–Kier alpha value is -2.08.